The second-order valence-corrected chi connectivity index (χ2v) is 11.5. The molecule has 2 aliphatic rings. The SMILES string of the molecule is COC(=O)c1ccc(C2CCN([C@@H](C)c3cc4c(B5OC(C)(C)C(C)(C)O5)ccnc4n3C)CC2)cc1. The Labute approximate surface area is 220 Å². The van der Waals surface area contributed by atoms with Crippen molar-refractivity contribution in [2.24, 2.45) is 7.05 Å². The molecule has 2 aliphatic heterocycles. The van der Waals surface area contributed by atoms with Gasteiger partial charge in [0.05, 0.1) is 23.9 Å². The highest BCUT2D eigenvalue weighted by atomic mass is 16.7. The summed E-state index contributed by atoms with van der Waals surface area (Å²) in [6, 6.07) is 12.4. The van der Waals surface area contributed by atoms with E-state index in [0.29, 0.717) is 11.5 Å². The van der Waals surface area contributed by atoms with Gasteiger partial charge in [-0.1, -0.05) is 12.1 Å². The number of ether oxygens (including phenoxy) is 1. The predicted molar refractivity (Wildman–Crippen MR) is 146 cm³/mol. The van der Waals surface area contributed by atoms with Crippen molar-refractivity contribution in [2.45, 2.75) is 70.6 Å². The minimum atomic E-state index is -0.414. The molecular formula is C29H38BN3O4. The van der Waals surface area contributed by atoms with Crippen molar-refractivity contribution in [1.29, 1.82) is 0 Å². The van der Waals surface area contributed by atoms with Crippen LogP contribution in [0.2, 0.25) is 0 Å². The van der Waals surface area contributed by atoms with Gasteiger partial charge in [-0.05, 0) is 102 Å². The monoisotopic (exact) mass is 503 g/mol. The van der Waals surface area contributed by atoms with Gasteiger partial charge in [-0.3, -0.25) is 4.90 Å². The maximum absolute atomic E-state index is 11.7. The summed E-state index contributed by atoms with van der Waals surface area (Å²) in [5.74, 6) is 0.209. The number of methoxy groups -OCH3 is 1. The first-order chi connectivity index (χ1) is 17.5. The fourth-order valence-electron chi connectivity index (χ4n) is 5.65. The van der Waals surface area contributed by atoms with Crippen LogP contribution in [-0.2, 0) is 21.1 Å². The lowest BCUT2D eigenvalue weighted by atomic mass is 9.78. The van der Waals surface area contributed by atoms with E-state index in [1.54, 1.807) is 0 Å². The first-order valence-electron chi connectivity index (χ1n) is 13.2. The van der Waals surface area contributed by atoms with E-state index in [0.717, 1.165) is 42.4 Å². The molecule has 0 unspecified atom stereocenters. The molecule has 5 rings (SSSR count). The van der Waals surface area contributed by atoms with Crippen LogP contribution in [0.25, 0.3) is 11.0 Å². The van der Waals surface area contributed by atoms with Gasteiger partial charge in [0.15, 0.2) is 0 Å². The molecule has 7 nitrogen and oxygen atoms in total. The van der Waals surface area contributed by atoms with Gasteiger partial charge in [0.25, 0.3) is 0 Å². The van der Waals surface area contributed by atoms with Crippen molar-refractivity contribution in [2.75, 3.05) is 20.2 Å². The maximum atomic E-state index is 11.7. The number of hydrogen-bond donors (Lipinski definition) is 0. The molecule has 2 aromatic heterocycles. The number of fused-ring (bicyclic) bond motifs is 1. The number of aryl methyl sites for hydroxylation is 1. The third-order valence-corrected chi connectivity index (χ3v) is 8.82. The number of hydrogen-bond acceptors (Lipinski definition) is 6. The first-order valence-corrected chi connectivity index (χ1v) is 13.2. The molecule has 1 atom stereocenters. The Morgan fingerprint density at radius 3 is 2.30 bits per heavy atom. The number of benzene rings is 1. The molecule has 1 aromatic carbocycles. The molecular weight excluding hydrogens is 465 g/mol. The van der Waals surface area contributed by atoms with Crippen LogP contribution in [0.3, 0.4) is 0 Å². The molecule has 4 heterocycles. The molecule has 196 valence electrons. The standard InChI is InChI=1S/C29H38BN3O4/c1-19(33-16-13-21(14-17-33)20-8-10-22(11-9-20)27(34)35-7)25-18-23-24(12-15-31-26(23)32(25)6)30-36-28(2,3)29(4,5)37-30/h8-12,15,18-19,21H,13-14,16-17H2,1-7H3/t19-/m0/s1. The molecule has 0 spiro atoms. The van der Waals surface area contributed by atoms with Crippen molar-refractivity contribution in [3.05, 3.63) is 59.4 Å². The Kier molecular flexibility index (Phi) is 6.71. The van der Waals surface area contributed by atoms with Crippen LogP contribution in [0.1, 0.15) is 81.0 Å². The molecule has 0 N–H and O–H groups in total. The van der Waals surface area contributed by atoms with Crippen molar-refractivity contribution in [3.8, 4) is 0 Å². The van der Waals surface area contributed by atoms with Crippen LogP contribution in [0.5, 0.6) is 0 Å². The average molecular weight is 503 g/mol. The van der Waals surface area contributed by atoms with Gasteiger partial charge in [0, 0.05) is 30.4 Å². The topological polar surface area (TPSA) is 65.8 Å². The highest BCUT2D eigenvalue weighted by Crippen LogP contribution is 2.38. The third kappa shape index (κ3) is 4.60. The molecule has 0 saturated carbocycles. The third-order valence-electron chi connectivity index (χ3n) is 8.82. The van der Waals surface area contributed by atoms with Gasteiger partial charge < -0.3 is 18.6 Å². The van der Waals surface area contributed by atoms with Crippen LogP contribution >= 0.6 is 0 Å². The van der Waals surface area contributed by atoms with Gasteiger partial charge in [0.2, 0.25) is 0 Å². The number of rotatable bonds is 5. The lowest BCUT2D eigenvalue weighted by Gasteiger charge is -2.36. The zero-order valence-electron chi connectivity index (χ0n) is 23.1. The van der Waals surface area contributed by atoms with E-state index in [4.69, 9.17) is 19.0 Å². The Hall–Kier alpha value is -2.68. The lowest BCUT2D eigenvalue weighted by Crippen LogP contribution is -2.41. The highest BCUT2D eigenvalue weighted by Gasteiger charge is 2.52. The Bertz CT molecular complexity index is 1280. The van der Waals surface area contributed by atoms with Gasteiger partial charge >= 0.3 is 13.1 Å². The lowest BCUT2D eigenvalue weighted by molar-refractivity contribution is 0.00578. The van der Waals surface area contributed by atoms with Gasteiger partial charge in [-0.25, -0.2) is 9.78 Å². The van der Waals surface area contributed by atoms with E-state index < -0.39 is 7.12 Å². The number of esters is 1. The van der Waals surface area contributed by atoms with Crippen molar-refractivity contribution in [1.82, 2.24) is 14.5 Å². The second kappa shape index (κ2) is 9.57. The second-order valence-electron chi connectivity index (χ2n) is 11.5. The average Bonchev–Trinajstić information content (AvgIpc) is 3.34. The minimum absolute atomic E-state index is 0.257. The Morgan fingerprint density at radius 1 is 1.08 bits per heavy atom. The van der Waals surface area contributed by atoms with Gasteiger partial charge in [-0.2, -0.15) is 0 Å². The summed E-state index contributed by atoms with van der Waals surface area (Å²) in [5.41, 5.74) is 4.35. The van der Waals surface area contributed by atoms with Crippen molar-refractivity contribution >= 4 is 29.6 Å². The van der Waals surface area contributed by atoms with E-state index in [-0.39, 0.29) is 23.2 Å². The summed E-state index contributed by atoms with van der Waals surface area (Å²) >= 11 is 0. The molecule has 2 saturated heterocycles. The van der Waals surface area contributed by atoms with Gasteiger partial charge in [-0.15, -0.1) is 0 Å². The molecule has 37 heavy (non-hydrogen) atoms. The van der Waals surface area contributed by atoms with Gasteiger partial charge in [0.1, 0.15) is 5.65 Å². The van der Waals surface area contributed by atoms with Crippen LogP contribution in [0.4, 0.5) is 0 Å². The van der Waals surface area contributed by atoms with E-state index in [1.807, 2.05) is 24.4 Å². The van der Waals surface area contributed by atoms with E-state index in [9.17, 15) is 4.79 Å². The number of likely N-dealkylation sites (tertiary alicyclic amines) is 1. The first kappa shape index (κ1) is 26.0. The summed E-state index contributed by atoms with van der Waals surface area (Å²) in [4.78, 5) is 19.0. The molecule has 3 aromatic rings. The summed E-state index contributed by atoms with van der Waals surface area (Å²) in [7, 11) is 3.10. The zero-order valence-corrected chi connectivity index (χ0v) is 23.1. The number of nitrogens with zero attached hydrogens (tertiary/aromatic N) is 3. The number of carbonyl (C=O) groups is 1. The van der Waals surface area contributed by atoms with E-state index >= 15 is 0 Å². The Morgan fingerprint density at radius 2 is 1.70 bits per heavy atom. The number of aromatic nitrogens is 2. The van der Waals surface area contributed by atoms with Crippen LogP contribution in [0.15, 0.2) is 42.6 Å². The van der Waals surface area contributed by atoms with Crippen LogP contribution < -0.4 is 5.46 Å². The quantitative estimate of drug-likeness (QED) is 0.375. The summed E-state index contributed by atoms with van der Waals surface area (Å²) in [6.45, 7) is 12.7. The number of carbonyl (C=O) groups excluding carboxylic acids is 1. The van der Waals surface area contributed by atoms with Crippen LogP contribution in [0, 0.1) is 0 Å². The normalized spacial score (nSPS) is 20.9. The molecule has 0 aliphatic carbocycles. The van der Waals surface area contributed by atoms with Crippen LogP contribution in [-0.4, -0.2) is 58.9 Å². The Balaban J connectivity index is 1.32. The molecule has 0 amide bonds. The minimum Gasteiger partial charge on any atom is -0.465 e. The fraction of sp³-hybridized carbons (Fsp3) is 0.517. The van der Waals surface area contributed by atoms with E-state index in [1.165, 1.54) is 18.4 Å². The summed E-state index contributed by atoms with van der Waals surface area (Å²) in [6.07, 6.45) is 4.03. The summed E-state index contributed by atoms with van der Waals surface area (Å²) in [5, 5.41) is 1.09. The zero-order chi connectivity index (χ0) is 26.5. The smallest absolute Gasteiger partial charge is 0.465 e. The predicted octanol–water partition coefficient (Wildman–Crippen LogP) is 4.60. The fourth-order valence-corrected chi connectivity index (χ4v) is 5.65. The molecule has 0 bridgehead atoms. The highest BCUT2D eigenvalue weighted by molar-refractivity contribution is 6.65. The van der Waals surface area contributed by atoms with Crippen molar-refractivity contribution in [3.63, 3.8) is 0 Å². The summed E-state index contributed by atoms with van der Waals surface area (Å²) < 4.78 is 19.8. The molecule has 2 fully saturated rings. The van der Waals surface area contributed by atoms with Crippen molar-refractivity contribution < 1.29 is 18.8 Å². The maximum Gasteiger partial charge on any atom is 0.495 e. The molecule has 0 radical (unpaired) electrons. The van der Waals surface area contributed by atoms with E-state index in [2.05, 4.69) is 69.3 Å². The number of pyridine rings is 1. The molecule has 8 heteroatoms. The largest absolute Gasteiger partial charge is 0.495 e. The number of piperidine rings is 1.